The zero-order valence-corrected chi connectivity index (χ0v) is 18.6. The largest absolute Gasteiger partial charge is 0.497 e. The summed E-state index contributed by atoms with van der Waals surface area (Å²) in [5.41, 5.74) is 2.95. The van der Waals surface area contributed by atoms with Crippen molar-refractivity contribution in [1.82, 2.24) is 5.01 Å². The molecule has 0 radical (unpaired) electrons. The van der Waals surface area contributed by atoms with Crippen LogP contribution in [-0.2, 0) is 4.79 Å². The Balaban J connectivity index is 1.48. The van der Waals surface area contributed by atoms with Crippen molar-refractivity contribution >= 4 is 46.2 Å². The van der Waals surface area contributed by atoms with E-state index in [1.807, 2.05) is 53.5 Å². The van der Waals surface area contributed by atoms with Gasteiger partial charge in [-0.25, -0.2) is 5.01 Å². The van der Waals surface area contributed by atoms with Crippen molar-refractivity contribution in [1.29, 1.82) is 0 Å². The molecule has 32 heavy (non-hydrogen) atoms. The van der Waals surface area contributed by atoms with E-state index in [0.29, 0.717) is 27.3 Å². The molecule has 1 amide bonds. The van der Waals surface area contributed by atoms with Crippen molar-refractivity contribution in [3.05, 3.63) is 93.7 Å². The maximum absolute atomic E-state index is 12.6. The van der Waals surface area contributed by atoms with E-state index < -0.39 is 0 Å². The number of rotatable bonds is 4. The van der Waals surface area contributed by atoms with Crippen molar-refractivity contribution < 1.29 is 13.9 Å². The summed E-state index contributed by atoms with van der Waals surface area (Å²) in [6, 6.07) is 18.9. The highest BCUT2D eigenvalue weighted by Gasteiger charge is 2.36. The Bertz CT molecular complexity index is 1230. The van der Waals surface area contributed by atoms with Crippen LogP contribution in [-0.4, -0.2) is 28.9 Å². The molecule has 1 unspecified atom stereocenters. The molecule has 0 N–H and O–H groups in total. The van der Waals surface area contributed by atoms with Crippen LogP contribution in [0.25, 0.3) is 6.08 Å². The molecule has 2 aliphatic heterocycles. The molecule has 0 saturated heterocycles. The van der Waals surface area contributed by atoms with E-state index in [0.717, 1.165) is 22.6 Å². The number of hydrazone groups is 1. The molecule has 6 nitrogen and oxygen atoms in total. The Hall–Kier alpha value is -3.29. The van der Waals surface area contributed by atoms with Crippen LogP contribution in [0.2, 0.25) is 5.02 Å². The summed E-state index contributed by atoms with van der Waals surface area (Å²) < 4.78 is 10.6. The van der Waals surface area contributed by atoms with E-state index in [1.54, 1.807) is 31.6 Å². The topological polar surface area (TPSA) is 67.4 Å². The van der Waals surface area contributed by atoms with Gasteiger partial charge in [-0.3, -0.25) is 4.79 Å². The molecule has 1 atom stereocenters. The molecule has 3 heterocycles. The summed E-state index contributed by atoms with van der Waals surface area (Å²) in [5.74, 6) is 1.09. The van der Waals surface area contributed by atoms with Gasteiger partial charge in [0, 0.05) is 17.5 Å². The highest BCUT2D eigenvalue weighted by Crippen LogP contribution is 2.40. The number of nitrogens with zero attached hydrogens (tertiary/aromatic N) is 3. The number of hydrogen-bond acceptors (Lipinski definition) is 6. The standard InChI is InChI=1S/C24H18ClN3O3S/c1-30-18-10-6-15(7-11-18)20-14-21(16-4-8-17(25)9-5-16)28(27-20)24-26-23(29)22(32-24)13-19-3-2-12-31-19/h2-13,21H,14H2,1H3/b22-13-. The highest BCUT2D eigenvalue weighted by molar-refractivity contribution is 8.18. The lowest BCUT2D eigenvalue weighted by molar-refractivity contribution is -0.113. The number of furan rings is 1. The Morgan fingerprint density at radius 1 is 1.16 bits per heavy atom. The number of carbonyl (C=O) groups is 1. The fraction of sp³-hybridized carbons (Fsp3) is 0.125. The molecule has 3 aromatic rings. The molecule has 0 bridgehead atoms. The summed E-state index contributed by atoms with van der Waals surface area (Å²) in [6.07, 6.45) is 3.94. The minimum Gasteiger partial charge on any atom is -0.497 e. The van der Waals surface area contributed by atoms with Gasteiger partial charge in [0.2, 0.25) is 0 Å². The Kier molecular flexibility index (Phi) is 5.59. The van der Waals surface area contributed by atoms with Crippen LogP contribution in [0.15, 0.2) is 86.3 Å². The second-order valence-electron chi connectivity index (χ2n) is 7.22. The molecule has 2 aromatic carbocycles. The van der Waals surface area contributed by atoms with E-state index in [9.17, 15) is 4.79 Å². The van der Waals surface area contributed by atoms with Gasteiger partial charge in [-0.05, 0) is 71.4 Å². The number of halogens is 1. The van der Waals surface area contributed by atoms with E-state index >= 15 is 0 Å². The van der Waals surface area contributed by atoms with Crippen LogP contribution in [0.4, 0.5) is 0 Å². The predicted molar refractivity (Wildman–Crippen MR) is 127 cm³/mol. The van der Waals surface area contributed by atoms with Gasteiger partial charge in [0.15, 0.2) is 5.17 Å². The van der Waals surface area contributed by atoms with E-state index in [1.165, 1.54) is 11.8 Å². The molecule has 5 rings (SSSR count). The van der Waals surface area contributed by atoms with Crippen LogP contribution in [0.5, 0.6) is 5.75 Å². The van der Waals surface area contributed by atoms with E-state index in [2.05, 4.69) is 4.99 Å². The maximum atomic E-state index is 12.6. The van der Waals surface area contributed by atoms with Crippen molar-refractivity contribution in [3.8, 4) is 5.75 Å². The van der Waals surface area contributed by atoms with E-state index in [-0.39, 0.29) is 11.9 Å². The Labute approximate surface area is 194 Å². The quantitative estimate of drug-likeness (QED) is 0.460. The minimum atomic E-state index is -0.302. The predicted octanol–water partition coefficient (Wildman–Crippen LogP) is 5.76. The summed E-state index contributed by atoms with van der Waals surface area (Å²) in [6.45, 7) is 0. The second kappa shape index (κ2) is 8.68. The fourth-order valence-electron chi connectivity index (χ4n) is 3.59. The van der Waals surface area contributed by atoms with Gasteiger partial charge in [-0.15, -0.1) is 0 Å². The molecule has 8 heteroatoms. The zero-order valence-electron chi connectivity index (χ0n) is 17.1. The summed E-state index contributed by atoms with van der Waals surface area (Å²) in [4.78, 5) is 17.3. The van der Waals surface area contributed by atoms with Crippen LogP contribution in [0.3, 0.4) is 0 Å². The minimum absolute atomic E-state index is 0.105. The lowest BCUT2D eigenvalue weighted by Crippen LogP contribution is -2.23. The van der Waals surface area contributed by atoms with Crippen LogP contribution >= 0.6 is 23.4 Å². The monoisotopic (exact) mass is 463 g/mol. The number of hydrogen-bond donors (Lipinski definition) is 0. The van der Waals surface area contributed by atoms with Gasteiger partial charge in [-0.2, -0.15) is 10.1 Å². The molecule has 1 aromatic heterocycles. The normalized spacial score (nSPS) is 19.4. The summed E-state index contributed by atoms with van der Waals surface area (Å²) in [7, 11) is 1.64. The molecule has 0 fully saturated rings. The molecule has 160 valence electrons. The number of ether oxygens (including phenoxy) is 1. The number of carbonyl (C=O) groups excluding carboxylic acids is 1. The van der Waals surface area contributed by atoms with Gasteiger partial charge in [0.1, 0.15) is 11.5 Å². The second-order valence-corrected chi connectivity index (χ2v) is 8.66. The number of amides is 1. The zero-order chi connectivity index (χ0) is 22.1. The average Bonchev–Trinajstić information content (AvgIpc) is 3.55. The first-order valence-corrected chi connectivity index (χ1v) is 11.1. The number of methoxy groups -OCH3 is 1. The number of benzene rings is 2. The third kappa shape index (κ3) is 4.09. The average molecular weight is 464 g/mol. The van der Waals surface area contributed by atoms with Crippen LogP contribution in [0.1, 0.15) is 29.3 Å². The fourth-order valence-corrected chi connectivity index (χ4v) is 4.61. The van der Waals surface area contributed by atoms with Crippen LogP contribution < -0.4 is 4.74 Å². The van der Waals surface area contributed by atoms with Gasteiger partial charge < -0.3 is 9.15 Å². The molecular weight excluding hydrogens is 446 g/mol. The van der Waals surface area contributed by atoms with Crippen molar-refractivity contribution in [2.45, 2.75) is 12.5 Å². The first-order chi connectivity index (χ1) is 15.6. The number of amidine groups is 1. The van der Waals surface area contributed by atoms with Crippen molar-refractivity contribution in [2.24, 2.45) is 10.1 Å². The van der Waals surface area contributed by atoms with Gasteiger partial charge in [-0.1, -0.05) is 23.7 Å². The molecule has 0 spiro atoms. The summed E-state index contributed by atoms with van der Waals surface area (Å²) >= 11 is 7.39. The molecule has 0 saturated carbocycles. The van der Waals surface area contributed by atoms with Crippen LogP contribution in [0, 0.1) is 0 Å². The maximum Gasteiger partial charge on any atom is 0.286 e. The molecule has 2 aliphatic rings. The molecule has 0 aliphatic carbocycles. The lowest BCUT2D eigenvalue weighted by Gasteiger charge is -2.22. The Morgan fingerprint density at radius 3 is 2.62 bits per heavy atom. The highest BCUT2D eigenvalue weighted by atomic mass is 35.5. The van der Waals surface area contributed by atoms with Gasteiger partial charge >= 0.3 is 0 Å². The van der Waals surface area contributed by atoms with Crippen molar-refractivity contribution in [3.63, 3.8) is 0 Å². The molecular formula is C24H18ClN3O3S. The van der Waals surface area contributed by atoms with Gasteiger partial charge in [0.25, 0.3) is 5.91 Å². The first-order valence-electron chi connectivity index (χ1n) is 9.93. The summed E-state index contributed by atoms with van der Waals surface area (Å²) in [5, 5.41) is 7.90. The Morgan fingerprint density at radius 2 is 1.94 bits per heavy atom. The van der Waals surface area contributed by atoms with E-state index in [4.69, 9.17) is 25.9 Å². The SMILES string of the molecule is COc1ccc(C2=NN(C3=NC(=O)/C(=C/c4ccco4)S3)C(c3ccc(Cl)cc3)C2)cc1. The van der Waals surface area contributed by atoms with Gasteiger partial charge in [0.05, 0.1) is 30.0 Å². The smallest absolute Gasteiger partial charge is 0.286 e. The lowest BCUT2D eigenvalue weighted by atomic mass is 9.98. The number of thioether (sulfide) groups is 1. The third-order valence-corrected chi connectivity index (χ3v) is 6.44. The van der Waals surface area contributed by atoms with Crippen molar-refractivity contribution in [2.75, 3.05) is 7.11 Å². The first kappa shape index (κ1) is 20.6. The number of aliphatic imine (C=N–C) groups is 1. The third-order valence-electron chi connectivity index (χ3n) is 5.21.